The Morgan fingerprint density at radius 3 is 3.15 bits per heavy atom. The maximum absolute atomic E-state index is 12.3. The van der Waals surface area contributed by atoms with Crippen LogP contribution < -0.4 is 5.32 Å². The van der Waals surface area contributed by atoms with Gasteiger partial charge in [0, 0.05) is 4.88 Å². The number of amides is 1. The highest BCUT2D eigenvalue weighted by Crippen LogP contribution is 2.32. The highest BCUT2D eigenvalue weighted by molar-refractivity contribution is 7.14. The standard InChI is InChI=1S/C16H19NO2S/c1-10-5-6-14-12(8-10)9-15(20-14)16(18)17-11(2)13-4-3-7-19-13/h3-4,7,9-11H,5-6,8H2,1-2H3,(H,17,18)/t10-,11-/m0/s1. The predicted octanol–water partition coefficient (Wildman–Crippen LogP) is 3.96. The first-order chi connectivity index (χ1) is 9.63. The zero-order valence-corrected chi connectivity index (χ0v) is 12.6. The summed E-state index contributed by atoms with van der Waals surface area (Å²) in [5.41, 5.74) is 1.37. The van der Waals surface area contributed by atoms with Crippen molar-refractivity contribution in [2.75, 3.05) is 0 Å². The van der Waals surface area contributed by atoms with Crippen LogP contribution in [0.2, 0.25) is 0 Å². The summed E-state index contributed by atoms with van der Waals surface area (Å²) in [7, 11) is 0. The lowest BCUT2D eigenvalue weighted by molar-refractivity contribution is 0.0939. The minimum atomic E-state index is -0.101. The molecule has 2 aromatic heterocycles. The van der Waals surface area contributed by atoms with E-state index in [0.29, 0.717) is 0 Å². The molecule has 0 radical (unpaired) electrons. The minimum Gasteiger partial charge on any atom is -0.467 e. The fourth-order valence-corrected chi connectivity index (χ4v) is 3.81. The maximum Gasteiger partial charge on any atom is 0.261 e. The third-order valence-electron chi connectivity index (χ3n) is 3.87. The Balaban J connectivity index is 1.72. The molecular formula is C16H19NO2S. The van der Waals surface area contributed by atoms with Gasteiger partial charge in [0.1, 0.15) is 5.76 Å². The largest absolute Gasteiger partial charge is 0.467 e. The number of hydrogen-bond acceptors (Lipinski definition) is 3. The summed E-state index contributed by atoms with van der Waals surface area (Å²) in [6.07, 6.45) is 5.08. The van der Waals surface area contributed by atoms with E-state index in [1.165, 1.54) is 16.9 Å². The highest BCUT2D eigenvalue weighted by atomic mass is 32.1. The van der Waals surface area contributed by atoms with E-state index in [-0.39, 0.29) is 11.9 Å². The number of rotatable bonds is 3. The molecule has 3 nitrogen and oxygen atoms in total. The van der Waals surface area contributed by atoms with Crippen molar-refractivity contribution in [2.45, 2.75) is 39.2 Å². The van der Waals surface area contributed by atoms with Gasteiger partial charge < -0.3 is 9.73 Å². The number of fused-ring (bicyclic) bond motifs is 1. The molecule has 2 atom stereocenters. The van der Waals surface area contributed by atoms with Crippen LogP contribution in [0.4, 0.5) is 0 Å². The fourth-order valence-electron chi connectivity index (χ4n) is 2.69. The lowest BCUT2D eigenvalue weighted by atomic mass is 9.90. The van der Waals surface area contributed by atoms with E-state index >= 15 is 0 Å². The second kappa shape index (κ2) is 5.44. The summed E-state index contributed by atoms with van der Waals surface area (Å²) in [4.78, 5) is 14.5. The Morgan fingerprint density at radius 1 is 1.55 bits per heavy atom. The van der Waals surface area contributed by atoms with Crippen LogP contribution in [0.25, 0.3) is 0 Å². The van der Waals surface area contributed by atoms with Crippen molar-refractivity contribution in [3.63, 3.8) is 0 Å². The van der Waals surface area contributed by atoms with Crippen LogP contribution in [-0.2, 0) is 12.8 Å². The molecule has 0 aliphatic heterocycles. The molecular weight excluding hydrogens is 270 g/mol. The Hall–Kier alpha value is -1.55. The topological polar surface area (TPSA) is 42.2 Å². The lowest BCUT2D eigenvalue weighted by Gasteiger charge is -2.16. The molecule has 0 unspecified atom stereocenters. The number of carbonyl (C=O) groups is 1. The van der Waals surface area contributed by atoms with Gasteiger partial charge in [-0.05, 0) is 55.9 Å². The van der Waals surface area contributed by atoms with E-state index in [1.54, 1.807) is 17.6 Å². The molecule has 0 saturated heterocycles. The summed E-state index contributed by atoms with van der Waals surface area (Å²) >= 11 is 1.64. The highest BCUT2D eigenvalue weighted by Gasteiger charge is 2.21. The minimum absolute atomic E-state index is 0.000882. The van der Waals surface area contributed by atoms with Gasteiger partial charge in [0.05, 0.1) is 17.2 Å². The van der Waals surface area contributed by atoms with Gasteiger partial charge in [0.2, 0.25) is 0 Å². The van der Waals surface area contributed by atoms with Crippen molar-refractivity contribution in [1.29, 1.82) is 0 Å². The van der Waals surface area contributed by atoms with E-state index in [0.717, 1.165) is 29.4 Å². The van der Waals surface area contributed by atoms with E-state index < -0.39 is 0 Å². The third-order valence-corrected chi connectivity index (χ3v) is 5.11. The number of furan rings is 1. The van der Waals surface area contributed by atoms with Gasteiger partial charge >= 0.3 is 0 Å². The van der Waals surface area contributed by atoms with E-state index in [9.17, 15) is 4.79 Å². The first-order valence-electron chi connectivity index (χ1n) is 7.09. The Bertz CT molecular complexity index is 600. The molecule has 20 heavy (non-hydrogen) atoms. The summed E-state index contributed by atoms with van der Waals surface area (Å²) in [5.74, 6) is 1.52. The van der Waals surface area contributed by atoms with E-state index in [4.69, 9.17) is 4.42 Å². The predicted molar refractivity (Wildman–Crippen MR) is 80.1 cm³/mol. The van der Waals surface area contributed by atoms with E-state index in [2.05, 4.69) is 18.3 Å². The van der Waals surface area contributed by atoms with Crippen molar-refractivity contribution >= 4 is 17.2 Å². The molecule has 2 aromatic rings. The van der Waals surface area contributed by atoms with Crippen LogP contribution in [0.1, 0.15) is 52.2 Å². The zero-order valence-electron chi connectivity index (χ0n) is 11.8. The fraction of sp³-hybridized carbons (Fsp3) is 0.438. The molecule has 1 aliphatic rings. The molecule has 1 aliphatic carbocycles. The Morgan fingerprint density at radius 2 is 2.40 bits per heavy atom. The molecule has 3 rings (SSSR count). The summed E-state index contributed by atoms with van der Waals surface area (Å²) in [6.45, 7) is 4.21. The molecule has 0 saturated carbocycles. The SMILES string of the molecule is C[C@H]1CCc2sc(C(=O)N[C@@H](C)c3ccco3)cc2C1. The molecule has 4 heteroatoms. The monoisotopic (exact) mass is 289 g/mol. The van der Waals surface area contributed by atoms with Crippen molar-refractivity contribution in [2.24, 2.45) is 5.92 Å². The van der Waals surface area contributed by atoms with Crippen molar-refractivity contribution in [3.05, 3.63) is 45.5 Å². The van der Waals surface area contributed by atoms with Gasteiger partial charge in [-0.2, -0.15) is 0 Å². The number of aryl methyl sites for hydroxylation is 1. The van der Waals surface area contributed by atoms with Gasteiger partial charge in [-0.3, -0.25) is 4.79 Å². The Labute approximate surface area is 123 Å². The normalized spacial score (nSPS) is 19.4. The van der Waals surface area contributed by atoms with Crippen LogP contribution in [-0.4, -0.2) is 5.91 Å². The molecule has 0 bridgehead atoms. The Kier molecular flexibility index (Phi) is 3.66. The van der Waals surface area contributed by atoms with Gasteiger partial charge in [-0.15, -0.1) is 11.3 Å². The third kappa shape index (κ3) is 2.66. The molecule has 0 spiro atoms. The van der Waals surface area contributed by atoms with Crippen LogP contribution in [0, 0.1) is 5.92 Å². The van der Waals surface area contributed by atoms with Crippen LogP contribution in [0.15, 0.2) is 28.9 Å². The number of nitrogens with one attached hydrogen (secondary N) is 1. The smallest absolute Gasteiger partial charge is 0.261 e. The number of thiophene rings is 1. The van der Waals surface area contributed by atoms with Gasteiger partial charge in [0.25, 0.3) is 5.91 Å². The summed E-state index contributed by atoms with van der Waals surface area (Å²) in [5, 5.41) is 3.00. The first-order valence-corrected chi connectivity index (χ1v) is 7.91. The molecule has 0 aromatic carbocycles. The molecule has 2 heterocycles. The number of hydrogen-bond donors (Lipinski definition) is 1. The average molecular weight is 289 g/mol. The van der Waals surface area contributed by atoms with Gasteiger partial charge in [-0.1, -0.05) is 6.92 Å². The summed E-state index contributed by atoms with van der Waals surface area (Å²) in [6, 6.07) is 5.69. The first kappa shape index (κ1) is 13.4. The van der Waals surface area contributed by atoms with Crippen molar-refractivity contribution in [1.82, 2.24) is 5.32 Å². The second-order valence-electron chi connectivity index (χ2n) is 5.62. The van der Waals surface area contributed by atoms with Gasteiger partial charge in [0.15, 0.2) is 0 Å². The average Bonchev–Trinajstić information content (AvgIpc) is 3.07. The maximum atomic E-state index is 12.3. The summed E-state index contributed by atoms with van der Waals surface area (Å²) < 4.78 is 5.32. The zero-order chi connectivity index (χ0) is 14.1. The van der Waals surface area contributed by atoms with Crippen molar-refractivity contribution < 1.29 is 9.21 Å². The van der Waals surface area contributed by atoms with Gasteiger partial charge in [-0.25, -0.2) is 0 Å². The molecule has 1 N–H and O–H groups in total. The van der Waals surface area contributed by atoms with E-state index in [1.807, 2.05) is 19.1 Å². The molecule has 1 amide bonds. The number of carbonyl (C=O) groups excluding carboxylic acids is 1. The molecule has 0 fully saturated rings. The van der Waals surface area contributed by atoms with Crippen molar-refractivity contribution in [3.8, 4) is 0 Å². The van der Waals surface area contributed by atoms with Crippen LogP contribution in [0.3, 0.4) is 0 Å². The lowest BCUT2D eigenvalue weighted by Crippen LogP contribution is -2.25. The molecule has 106 valence electrons. The van der Waals surface area contributed by atoms with Crippen LogP contribution >= 0.6 is 11.3 Å². The second-order valence-corrected chi connectivity index (χ2v) is 6.75. The van der Waals surface area contributed by atoms with Crippen LogP contribution in [0.5, 0.6) is 0 Å². The quantitative estimate of drug-likeness (QED) is 0.929.